The van der Waals surface area contributed by atoms with Gasteiger partial charge in [0.15, 0.2) is 0 Å². The molecule has 0 bridgehead atoms. The molecule has 0 aliphatic heterocycles. The summed E-state index contributed by atoms with van der Waals surface area (Å²) in [5, 5.41) is 0. The molecule has 2 nitrogen and oxygen atoms in total. The normalized spacial score (nSPS) is 12.3. The van der Waals surface area contributed by atoms with Crippen LogP contribution in [0.15, 0.2) is 170 Å². The summed E-state index contributed by atoms with van der Waals surface area (Å²) in [6.45, 7) is 8.53. The van der Waals surface area contributed by atoms with Crippen LogP contribution in [0.4, 0.5) is 34.1 Å². The first kappa shape index (κ1) is 34.7. The Morgan fingerprint density at radius 2 is 0.722 bits per heavy atom. The fourth-order valence-corrected chi connectivity index (χ4v) is 7.26. The quantitative estimate of drug-likeness (QED) is 0.139. The maximum absolute atomic E-state index is 2.41. The summed E-state index contributed by atoms with van der Waals surface area (Å²) in [6.07, 6.45) is 8.75. The monoisotopic (exact) mass is 698 g/mol. The average molecular weight is 699 g/mol. The van der Waals surface area contributed by atoms with Crippen molar-refractivity contribution in [1.29, 1.82) is 0 Å². The molecular weight excluding hydrogens is 653 g/mol. The summed E-state index contributed by atoms with van der Waals surface area (Å²) in [6, 6.07) is 59.9. The molecule has 0 amide bonds. The first-order valence-electron chi connectivity index (χ1n) is 18.9. The Balaban J connectivity index is 0.967. The molecule has 0 heterocycles. The molecular formula is C52H46N2. The van der Waals surface area contributed by atoms with Crippen LogP contribution in [0.3, 0.4) is 0 Å². The van der Waals surface area contributed by atoms with E-state index in [2.05, 4.69) is 220 Å². The van der Waals surface area contributed by atoms with Gasteiger partial charge in [0.2, 0.25) is 0 Å². The third kappa shape index (κ3) is 7.70. The largest absolute Gasteiger partial charge is 0.311 e. The highest BCUT2D eigenvalue weighted by atomic mass is 15.1. The van der Waals surface area contributed by atoms with E-state index < -0.39 is 0 Å². The molecule has 0 N–H and O–H groups in total. The molecule has 2 heteroatoms. The molecule has 264 valence electrons. The minimum absolute atomic E-state index is 0.940. The van der Waals surface area contributed by atoms with Gasteiger partial charge in [-0.1, -0.05) is 131 Å². The number of rotatable bonds is 9. The summed E-state index contributed by atoms with van der Waals surface area (Å²) in [4.78, 5) is 4.65. The van der Waals surface area contributed by atoms with Gasteiger partial charge in [-0.05, 0) is 147 Å². The number of benzene rings is 7. The summed E-state index contributed by atoms with van der Waals surface area (Å²) in [5.74, 6) is 0. The molecule has 8 rings (SSSR count). The number of aryl methyl sites for hydroxylation is 4. The van der Waals surface area contributed by atoms with Crippen LogP contribution in [0.2, 0.25) is 0 Å². The molecule has 0 saturated heterocycles. The third-order valence-corrected chi connectivity index (χ3v) is 10.5. The lowest BCUT2D eigenvalue weighted by atomic mass is 9.87. The SMILES string of the molecule is Cc1ccc(N(c2ccc(C)cc2)c2ccc(/C=C/c3ccc4c(c3)CC=C(c3ccc(N(c5ccc(C)cc5)c5ccc(C)cc5)cc3)C4)cc2)cc1. The zero-order chi connectivity index (χ0) is 37.0. The van der Waals surface area contributed by atoms with Crippen molar-refractivity contribution in [3.8, 4) is 0 Å². The molecule has 0 atom stereocenters. The Hall–Kier alpha value is -6.38. The van der Waals surface area contributed by atoms with E-state index >= 15 is 0 Å². The van der Waals surface area contributed by atoms with Crippen LogP contribution in [-0.2, 0) is 12.8 Å². The number of hydrogen-bond donors (Lipinski definition) is 0. The topological polar surface area (TPSA) is 6.48 Å². The van der Waals surface area contributed by atoms with Crippen molar-refractivity contribution in [2.24, 2.45) is 0 Å². The van der Waals surface area contributed by atoms with E-state index in [1.807, 2.05) is 0 Å². The minimum Gasteiger partial charge on any atom is -0.311 e. The van der Waals surface area contributed by atoms with Gasteiger partial charge in [0.25, 0.3) is 0 Å². The highest BCUT2D eigenvalue weighted by molar-refractivity contribution is 5.81. The Bertz CT molecular complexity index is 2320. The first-order valence-corrected chi connectivity index (χ1v) is 18.9. The van der Waals surface area contributed by atoms with Gasteiger partial charge >= 0.3 is 0 Å². The average Bonchev–Trinajstić information content (AvgIpc) is 3.20. The molecule has 0 saturated carbocycles. The van der Waals surface area contributed by atoms with E-state index in [1.54, 1.807) is 0 Å². The van der Waals surface area contributed by atoms with Crippen LogP contribution in [0.1, 0.15) is 50.1 Å². The highest BCUT2D eigenvalue weighted by Crippen LogP contribution is 2.37. The molecule has 0 spiro atoms. The summed E-state index contributed by atoms with van der Waals surface area (Å²) in [5.41, 5.74) is 19.9. The molecule has 0 fully saturated rings. The highest BCUT2D eigenvalue weighted by Gasteiger charge is 2.16. The molecule has 0 radical (unpaired) electrons. The zero-order valence-electron chi connectivity index (χ0n) is 31.6. The third-order valence-electron chi connectivity index (χ3n) is 10.5. The molecule has 7 aromatic rings. The summed E-state index contributed by atoms with van der Waals surface area (Å²) >= 11 is 0. The number of nitrogens with zero attached hydrogens (tertiary/aromatic N) is 2. The maximum atomic E-state index is 2.41. The lowest BCUT2D eigenvalue weighted by molar-refractivity contribution is 1.10. The van der Waals surface area contributed by atoms with Gasteiger partial charge in [-0.3, -0.25) is 0 Å². The fourth-order valence-electron chi connectivity index (χ4n) is 7.26. The standard InChI is InChI=1S/C52H46N2/c1-37-5-23-47(24-6-37)53(48-25-7-38(2)8-26-48)51-31-16-41(17-32-51)13-14-42-15-18-46-36-45(20-19-44(46)35-42)43-21-33-52(34-22-43)54(49-27-9-39(3)10-28-49)50-29-11-40(4)12-30-50/h5-18,20-35H,19,36H2,1-4H3/b14-13+. The molecule has 54 heavy (non-hydrogen) atoms. The number of anilines is 6. The van der Waals surface area contributed by atoms with Crippen LogP contribution < -0.4 is 9.80 Å². The molecule has 1 aliphatic rings. The van der Waals surface area contributed by atoms with Crippen LogP contribution >= 0.6 is 0 Å². The van der Waals surface area contributed by atoms with E-state index in [1.165, 1.54) is 55.6 Å². The van der Waals surface area contributed by atoms with Gasteiger partial charge in [0, 0.05) is 34.1 Å². The van der Waals surface area contributed by atoms with Crippen LogP contribution in [0.5, 0.6) is 0 Å². The predicted octanol–water partition coefficient (Wildman–Crippen LogP) is 14.2. The Morgan fingerprint density at radius 1 is 0.370 bits per heavy atom. The van der Waals surface area contributed by atoms with E-state index in [4.69, 9.17) is 0 Å². The van der Waals surface area contributed by atoms with Crippen molar-refractivity contribution >= 4 is 51.8 Å². The van der Waals surface area contributed by atoms with Crippen LogP contribution in [-0.4, -0.2) is 0 Å². The molecule has 1 aliphatic carbocycles. The van der Waals surface area contributed by atoms with Crippen molar-refractivity contribution in [2.75, 3.05) is 9.80 Å². The smallest absolute Gasteiger partial charge is 0.0462 e. The molecule has 7 aromatic carbocycles. The van der Waals surface area contributed by atoms with Gasteiger partial charge in [0.05, 0.1) is 0 Å². The van der Waals surface area contributed by atoms with Crippen molar-refractivity contribution in [3.63, 3.8) is 0 Å². The lowest BCUT2D eigenvalue weighted by Crippen LogP contribution is -2.10. The Kier molecular flexibility index (Phi) is 9.83. The first-order chi connectivity index (χ1) is 26.4. The summed E-state index contributed by atoms with van der Waals surface area (Å²) in [7, 11) is 0. The molecule has 0 unspecified atom stereocenters. The number of fused-ring (bicyclic) bond motifs is 1. The zero-order valence-corrected chi connectivity index (χ0v) is 31.6. The van der Waals surface area contributed by atoms with E-state index in [9.17, 15) is 0 Å². The number of allylic oxidation sites excluding steroid dienone is 2. The minimum atomic E-state index is 0.940. The Morgan fingerprint density at radius 3 is 1.15 bits per heavy atom. The van der Waals surface area contributed by atoms with Gasteiger partial charge in [-0.25, -0.2) is 0 Å². The maximum Gasteiger partial charge on any atom is 0.0462 e. The van der Waals surface area contributed by atoms with Crippen LogP contribution in [0, 0.1) is 27.7 Å². The fraction of sp³-hybridized carbons (Fsp3) is 0.115. The lowest BCUT2D eigenvalue weighted by Gasteiger charge is -2.26. The van der Waals surface area contributed by atoms with E-state index in [0.717, 1.165) is 47.0 Å². The second-order valence-corrected chi connectivity index (χ2v) is 14.6. The van der Waals surface area contributed by atoms with Gasteiger partial charge in [-0.2, -0.15) is 0 Å². The predicted molar refractivity (Wildman–Crippen MR) is 232 cm³/mol. The molecule has 0 aromatic heterocycles. The van der Waals surface area contributed by atoms with Crippen molar-refractivity contribution < 1.29 is 0 Å². The van der Waals surface area contributed by atoms with Crippen molar-refractivity contribution in [3.05, 3.63) is 220 Å². The Labute approximate surface area is 321 Å². The summed E-state index contributed by atoms with van der Waals surface area (Å²) < 4.78 is 0. The number of hydrogen-bond acceptors (Lipinski definition) is 2. The van der Waals surface area contributed by atoms with Crippen molar-refractivity contribution in [1.82, 2.24) is 0 Å². The van der Waals surface area contributed by atoms with Gasteiger partial charge in [0.1, 0.15) is 0 Å². The van der Waals surface area contributed by atoms with E-state index in [0.29, 0.717) is 0 Å². The second-order valence-electron chi connectivity index (χ2n) is 14.6. The van der Waals surface area contributed by atoms with Gasteiger partial charge in [-0.15, -0.1) is 0 Å². The van der Waals surface area contributed by atoms with Gasteiger partial charge < -0.3 is 9.80 Å². The van der Waals surface area contributed by atoms with E-state index in [-0.39, 0.29) is 0 Å². The van der Waals surface area contributed by atoms with Crippen LogP contribution in [0.25, 0.3) is 17.7 Å². The second kappa shape index (κ2) is 15.3. The van der Waals surface area contributed by atoms with Crippen molar-refractivity contribution in [2.45, 2.75) is 40.5 Å².